The molecule has 0 saturated carbocycles. The van der Waals surface area contributed by atoms with Crippen molar-refractivity contribution < 1.29 is 4.79 Å². The highest BCUT2D eigenvalue weighted by atomic mass is 32.2. The summed E-state index contributed by atoms with van der Waals surface area (Å²) in [5, 5.41) is 9.31. The fraction of sp³-hybridized carbons (Fsp3) is 0.211. The van der Waals surface area contributed by atoms with E-state index in [-0.39, 0.29) is 11.0 Å². The van der Waals surface area contributed by atoms with Crippen LogP contribution < -0.4 is 0 Å². The Bertz CT molecular complexity index is 815. The van der Waals surface area contributed by atoms with Crippen molar-refractivity contribution in [3.63, 3.8) is 0 Å². The second kappa shape index (κ2) is 7.45. The molecule has 1 atom stereocenters. The molecule has 122 valence electrons. The zero-order valence-electron chi connectivity index (χ0n) is 13.7. The first kappa shape index (κ1) is 16.5. The van der Waals surface area contributed by atoms with Gasteiger partial charge >= 0.3 is 0 Å². The van der Waals surface area contributed by atoms with Gasteiger partial charge < -0.3 is 0 Å². The Kier molecular flexibility index (Phi) is 5.11. The number of nitrogens with zero attached hydrogens (tertiary/aromatic N) is 3. The maximum atomic E-state index is 12.0. The molecule has 0 spiro atoms. The van der Waals surface area contributed by atoms with Gasteiger partial charge in [0, 0.05) is 17.7 Å². The summed E-state index contributed by atoms with van der Waals surface area (Å²) in [5.74, 6) is 0.990. The van der Waals surface area contributed by atoms with Gasteiger partial charge in [0.25, 0.3) is 0 Å². The van der Waals surface area contributed by atoms with Crippen LogP contribution in [0.3, 0.4) is 0 Å². The van der Waals surface area contributed by atoms with Crippen molar-refractivity contribution in [2.45, 2.75) is 30.7 Å². The Balaban J connectivity index is 2.07. The molecule has 3 rings (SSSR count). The molecule has 1 unspecified atom stereocenters. The van der Waals surface area contributed by atoms with Crippen molar-refractivity contribution in [2.24, 2.45) is 0 Å². The minimum absolute atomic E-state index is 0.148. The number of thioether (sulfide) groups is 1. The van der Waals surface area contributed by atoms with Crippen molar-refractivity contribution in [2.75, 3.05) is 0 Å². The molecule has 2 aromatic carbocycles. The molecular formula is C19H19N3OS. The lowest BCUT2D eigenvalue weighted by molar-refractivity contribution is -0.118. The van der Waals surface area contributed by atoms with E-state index in [0.29, 0.717) is 6.42 Å². The van der Waals surface area contributed by atoms with Gasteiger partial charge in [-0.3, -0.25) is 9.36 Å². The van der Waals surface area contributed by atoms with Gasteiger partial charge in [0.15, 0.2) is 11.0 Å². The van der Waals surface area contributed by atoms with Gasteiger partial charge in [-0.05, 0) is 19.1 Å². The summed E-state index contributed by atoms with van der Waals surface area (Å²) in [5.41, 5.74) is 1.98. The van der Waals surface area contributed by atoms with E-state index < -0.39 is 0 Å². The first-order valence-corrected chi connectivity index (χ1v) is 8.84. The SMILES string of the molecule is CCC(=O)C(C)Sc1nnc(-c2ccccc2)n1-c1ccccc1. The lowest BCUT2D eigenvalue weighted by atomic mass is 10.2. The van der Waals surface area contributed by atoms with E-state index in [4.69, 9.17) is 0 Å². The minimum atomic E-state index is -0.148. The van der Waals surface area contributed by atoms with Crippen molar-refractivity contribution in [1.82, 2.24) is 14.8 Å². The Morgan fingerprint density at radius 2 is 1.67 bits per heavy atom. The molecule has 0 amide bonds. The van der Waals surface area contributed by atoms with Crippen LogP contribution in [0.4, 0.5) is 0 Å². The highest BCUT2D eigenvalue weighted by Gasteiger charge is 2.20. The molecule has 24 heavy (non-hydrogen) atoms. The van der Waals surface area contributed by atoms with Gasteiger partial charge in [-0.1, -0.05) is 67.2 Å². The number of carbonyl (C=O) groups excluding carboxylic acids is 1. The summed E-state index contributed by atoms with van der Waals surface area (Å²) in [6.45, 7) is 3.80. The number of rotatable bonds is 6. The van der Waals surface area contributed by atoms with Gasteiger partial charge in [0.1, 0.15) is 5.78 Å². The second-order valence-corrected chi connectivity index (χ2v) is 6.73. The van der Waals surface area contributed by atoms with Crippen molar-refractivity contribution >= 4 is 17.5 Å². The predicted octanol–water partition coefficient (Wildman–Crippen LogP) is 4.39. The van der Waals surface area contributed by atoms with Crippen LogP contribution in [0.2, 0.25) is 0 Å². The number of Topliss-reactive ketones (excluding diaryl/α,β-unsaturated/α-hetero) is 1. The van der Waals surface area contributed by atoms with Crippen LogP contribution in [0, 0.1) is 0 Å². The number of aromatic nitrogens is 3. The van der Waals surface area contributed by atoms with Crippen molar-refractivity contribution in [3.05, 3.63) is 60.7 Å². The summed E-state index contributed by atoms with van der Waals surface area (Å²) in [6.07, 6.45) is 0.527. The van der Waals surface area contributed by atoms with Gasteiger partial charge in [0.2, 0.25) is 0 Å². The number of carbonyl (C=O) groups is 1. The monoisotopic (exact) mass is 337 g/mol. The summed E-state index contributed by atoms with van der Waals surface area (Å²) in [4.78, 5) is 12.0. The normalized spacial score (nSPS) is 12.1. The number of hydrogen-bond donors (Lipinski definition) is 0. The molecule has 0 saturated heterocycles. The standard InChI is InChI=1S/C19H19N3OS/c1-3-17(23)14(2)24-19-21-20-18(15-10-6-4-7-11-15)22(19)16-12-8-5-9-13-16/h4-14H,3H2,1-2H3. The third kappa shape index (κ3) is 3.41. The molecule has 3 aromatic rings. The Labute approximate surface area is 145 Å². The molecule has 1 heterocycles. The van der Waals surface area contributed by atoms with Crippen LogP contribution in [-0.4, -0.2) is 25.8 Å². The molecule has 0 radical (unpaired) electrons. The molecule has 0 bridgehead atoms. The summed E-state index contributed by atoms with van der Waals surface area (Å²) < 4.78 is 2.01. The number of ketones is 1. The number of para-hydroxylation sites is 1. The van der Waals surface area contributed by atoms with Gasteiger partial charge in [-0.25, -0.2) is 0 Å². The molecule has 5 heteroatoms. The van der Waals surface area contributed by atoms with Gasteiger partial charge in [-0.15, -0.1) is 10.2 Å². The summed E-state index contributed by atoms with van der Waals surface area (Å²) in [7, 11) is 0. The molecule has 0 aliphatic heterocycles. The fourth-order valence-electron chi connectivity index (χ4n) is 2.44. The largest absolute Gasteiger partial charge is 0.298 e. The van der Waals surface area contributed by atoms with E-state index in [9.17, 15) is 4.79 Å². The lowest BCUT2D eigenvalue weighted by Crippen LogP contribution is -2.12. The maximum absolute atomic E-state index is 12.0. The average Bonchev–Trinajstić information content (AvgIpc) is 3.06. The van der Waals surface area contributed by atoms with Crippen LogP contribution >= 0.6 is 11.8 Å². The Morgan fingerprint density at radius 3 is 2.29 bits per heavy atom. The third-order valence-electron chi connectivity index (χ3n) is 3.76. The highest BCUT2D eigenvalue weighted by molar-refractivity contribution is 8.00. The highest BCUT2D eigenvalue weighted by Crippen LogP contribution is 2.30. The van der Waals surface area contributed by atoms with E-state index in [1.54, 1.807) is 0 Å². The zero-order valence-corrected chi connectivity index (χ0v) is 14.5. The molecule has 4 nitrogen and oxygen atoms in total. The molecule has 0 aliphatic carbocycles. The van der Waals surface area contributed by atoms with E-state index in [0.717, 1.165) is 22.2 Å². The summed E-state index contributed by atoms with van der Waals surface area (Å²) in [6, 6.07) is 20.0. The summed E-state index contributed by atoms with van der Waals surface area (Å²) >= 11 is 1.45. The first-order chi connectivity index (χ1) is 11.7. The molecule has 0 N–H and O–H groups in total. The molecule has 1 aromatic heterocycles. The Morgan fingerprint density at radius 1 is 1.04 bits per heavy atom. The zero-order chi connectivity index (χ0) is 16.9. The van der Waals surface area contributed by atoms with Crippen LogP contribution in [0.15, 0.2) is 65.8 Å². The molecule has 0 fully saturated rings. The number of benzene rings is 2. The van der Waals surface area contributed by atoms with E-state index >= 15 is 0 Å². The van der Waals surface area contributed by atoms with Crippen LogP contribution in [-0.2, 0) is 4.79 Å². The third-order valence-corrected chi connectivity index (χ3v) is 4.86. The molecule has 0 aliphatic rings. The quantitative estimate of drug-likeness (QED) is 0.626. The fourth-order valence-corrected chi connectivity index (χ4v) is 3.44. The van der Waals surface area contributed by atoms with Gasteiger partial charge in [-0.2, -0.15) is 0 Å². The lowest BCUT2D eigenvalue weighted by Gasteiger charge is -2.12. The smallest absolute Gasteiger partial charge is 0.196 e. The van der Waals surface area contributed by atoms with Crippen molar-refractivity contribution in [3.8, 4) is 17.1 Å². The maximum Gasteiger partial charge on any atom is 0.196 e. The van der Waals surface area contributed by atoms with E-state index in [1.165, 1.54) is 11.8 Å². The van der Waals surface area contributed by atoms with Crippen LogP contribution in [0.5, 0.6) is 0 Å². The molecular weight excluding hydrogens is 318 g/mol. The van der Waals surface area contributed by atoms with Gasteiger partial charge in [0.05, 0.1) is 5.25 Å². The van der Waals surface area contributed by atoms with E-state index in [2.05, 4.69) is 10.2 Å². The second-order valence-electron chi connectivity index (χ2n) is 5.42. The minimum Gasteiger partial charge on any atom is -0.298 e. The average molecular weight is 337 g/mol. The first-order valence-electron chi connectivity index (χ1n) is 7.96. The van der Waals surface area contributed by atoms with Crippen LogP contribution in [0.1, 0.15) is 20.3 Å². The topological polar surface area (TPSA) is 47.8 Å². The van der Waals surface area contributed by atoms with E-state index in [1.807, 2.05) is 79.1 Å². The van der Waals surface area contributed by atoms with Crippen LogP contribution in [0.25, 0.3) is 17.1 Å². The Hall–Kier alpha value is -2.40. The number of hydrogen-bond acceptors (Lipinski definition) is 4. The van der Waals surface area contributed by atoms with Crippen molar-refractivity contribution in [1.29, 1.82) is 0 Å². The predicted molar refractivity (Wildman–Crippen MR) is 97.4 cm³/mol.